The van der Waals surface area contributed by atoms with E-state index >= 15 is 0 Å². The van der Waals surface area contributed by atoms with Crippen LogP contribution in [0.3, 0.4) is 0 Å². The van der Waals surface area contributed by atoms with E-state index in [1.54, 1.807) is 19.2 Å². The Bertz CT molecular complexity index is 873. The maximum atomic E-state index is 12.5. The van der Waals surface area contributed by atoms with Gasteiger partial charge in [0.1, 0.15) is 17.1 Å². The third-order valence-corrected chi connectivity index (χ3v) is 6.09. The van der Waals surface area contributed by atoms with Crippen LogP contribution < -0.4 is 14.8 Å². The van der Waals surface area contributed by atoms with E-state index in [9.17, 15) is 4.79 Å². The van der Waals surface area contributed by atoms with Crippen molar-refractivity contribution in [3.8, 4) is 11.5 Å². The van der Waals surface area contributed by atoms with Crippen molar-refractivity contribution in [2.75, 3.05) is 12.9 Å². The number of amides is 1. The summed E-state index contributed by atoms with van der Waals surface area (Å²) in [6, 6.07) is 11.0. The van der Waals surface area contributed by atoms with Crippen molar-refractivity contribution < 1.29 is 14.3 Å². The van der Waals surface area contributed by atoms with Crippen LogP contribution in [0.25, 0.3) is 0 Å². The first-order valence-electron chi connectivity index (χ1n) is 8.95. The van der Waals surface area contributed by atoms with Gasteiger partial charge in [0.05, 0.1) is 18.9 Å². The van der Waals surface area contributed by atoms with E-state index in [4.69, 9.17) is 32.7 Å². The topological polar surface area (TPSA) is 47.6 Å². The van der Waals surface area contributed by atoms with Crippen molar-refractivity contribution in [2.45, 2.75) is 37.7 Å². The quantitative estimate of drug-likeness (QED) is 0.630. The van der Waals surface area contributed by atoms with Gasteiger partial charge in [0, 0.05) is 33.8 Å². The van der Waals surface area contributed by atoms with Gasteiger partial charge in [0.15, 0.2) is 0 Å². The van der Waals surface area contributed by atoms with E-state index in [1.165, 1.54) is 11.8 Å². The van der Waals surface area contributed by atoms with Gasteiger partial charge in [0.2, 0.25) is 5.91 Å². The highest BCUT2D eigenvalue weighted by molar-refractivity contribution is 7.99. The number of hydrogen-bond donors (Lipinski definition) is 1. The van der Waals surface area contributed by atoms with Gasteiger partial charge in [-0.3, -0.25) is 4.79 Å². The Labute approximate surface area is 179 Å². The summed E-state index contributed by atoms with van der Waals surface area (Å²) in [6.45, 7) is 4.04. The molecule has 7 heteroatoms. The third kappa shape index (κ3) is 5.28. The number of carbonyl (C=O) groups excluding carboxylic acids is 1. The summed E-state index contributed by atoms with van der Waals surface area (Å²) in [7, 11) is 1.62. The van der Waals surface area contributed by atoms with Gasteiger partial charge in [-0.2, -0.15) is 0 Å². The van der Waals surface area contributed by atoms with Crippen molar-refractivity contribution in [1.29, 1.82) is 0 Å². The molecule has 1 atom stereocenters. The predicted octanol–water partition coefficient (Wildman–Crippen LogP) is 5.65. The minimum atomic E-state index is -0.374. The first-order valence-corrected chi connectivity index (χ1v) is 10.9. The Morgan fingerprint density at radius 1 is 1.29 bits per heavy atom. The van der Waals surface area contributed by atoms with Gasteiger partial charge >= 0.3 is 0 Å². The molecule has 0 radical (unpaired) electrons. The molecule has 1 unspecified atom stereocenters. The number of benzene rings is 2. The summed E-state index contributed by atoms with van der Waals surface area (Å²) >= 11 is 13.6. The molecule has 1 aliphatic heterocycles. The summed E-state index contributed by atoms with van der Waals surface area (Å²) in [5.41, 5.74) is 1.56. The largest absolute Gasteiger partial charge is 0.497 e. The molecule has 1 heterocycles. The van der Waals surface area contributed by atoms with E-state index in [-0.39, 0.29) is 17.6 Å². The van der Waals surface area contributed by atoms with Gasteiger partial charge in [-0.15, -0.1) is 11.8 Å². The molecule has 28 heavy (non-hydrogen) atoms. The zero-order chi connectivity index (χ0) is 20.3. The number of fused-ring (bicyclic) bond motifs is 1. The van der Waals surface area contributed by atoms with Gasteiger partial charge in [0.25, 0.3) is 0 Å². The van der Waals surface area contributed by atoms with Crippen molar-refractivity contribution >= 4 is 40.9 Å². The summed E-state index contributed by atoms with van der Waals surface area (Å²) < 4.78 is 11.4. The van der Waals surface area contributed by atoms with Crippen LogP contribution >= 0.6 is 35.0 Å². The molecule has 0 aromatic heterocycles. The molecule has 150 valence electrons. The molecule has 0 fully saturated rings. The normalized spacial score (nSPS) is 17.4. The predicted molar refractivity (Wildman–Crippen MR) is 116 cm³/mol. The minimum Gasteiger partial charge on any atom is -0.497 e. The molecular formula is C21H23Cl2NO3S. The molecule has 4 nitrogen and oxygen atoms in total. The Balaban J connectivity index is 1.62. The number of carbonyl (C=O) groups is 1. The van der Waals surface area contributed by atoms with Gasteiger partial charge in [-0.25, -0.2) is 0 Å². The Morgan fingerprint density at radius 2 is 2.07 bits per heavy atom. The van der Waals surface area contributed by atoms with Crippen LogP contribution in [0.5, 0.6) is 11.5 Å². The van der Waals surface area contributed by atoms with Crippen LogP contribution in [-0.4, -0.2) is 24.4 Å². The maximum absolute atomic E-state index is 12.5. The first kappa shape index (κ1) is 21.2. The van der Waals surface area contributed by atoms with E-state index in [0.29, 0.717) is 28.0 Å². The highest BCUT2D eigenvalue weighted by Gasteiger charge is 2.34. The number of ether oxygens (including phenoxy) is 2. The molecular weight excluding hydrogens is 417 g/mol. The number of hydrogen-bond acceptors (Lipinski definition) is 4. The summed E-state index contributed by atoms with van der Waals surface area (Å²) in [4.78, 5) is 12.5. The lowest BCUT2D eigenvalue weighted by molar-refractivity contribution is -0.119. The first-order chi connectivity index (χ1) is 13.3. The fourth-order valence-corrected chi connectivity index (χ4v) is 4.61. The summed E-state index contributed by atoms with van der Waals surface area (Å²) in [5.74, 6) is 2.47. The van der Waals surface area contributed by atoms with Gasteiger partial charge < -0.3 is 14.8 Å². The Kier molecular flexibility index (Phi) is 6.69. The molecule has 0 saturated heterocycles. The molecule has 1 aliphatic rings. The second-order valence-corrected chi connectivity index (χ2v) is 9.15. The molecule has 2 aromatic rings. The van der Waals surface area contributed by atoms with Crippen LogP contribution in [0.15, 0.2) is 36.4 Å². The molecule has 2 aromatic carbocycles. The molecule has 0 saturated carbocycles. The monoisotopic (exact) mass is 439 g/mol. The molecule has 0 spiro atoms. The lowest BCUT2D eigenvalue weighted by Crippen LogP contribution is -2.41. The molecule has 1 N–H and O–H groups in total. The number of halogens is 2. The average Bonchev–Trinajstić information content (AvgIpc) is 2.62. The number of methoxy groups -OCH3 is 1. The van der Waals surface area contributed by atoms with Crippen LogP contribution in [-0.2, 0) is 10.5 Å². The summed E-state index contributed by atoms with van der Waals surface area (Å²) in [6.07, 6.45) is 0.700. The Morgan fingerprint density at radius 3 is 2.79 bits per heavy atom. The van der Waals surface area contributed by atoms with E-state index in [1.807, 2.05) is 38.1 Å². The van der Waals surface area contributed by atoms with Crippen molar-refractivity contribution in [3.63, 3.8) is 0 Å². The standard InChI is InChI=1S/C21H23Cl2NO3S/c1-21(2)10-18(16-7-6-15(26-3)9-19(16)27-21)24-20(25)12-28-11-13-4-5-14(22)8-17(13)23/h4-9,18H,10-12H2,1-3H3,(H,24,25). The Hall–Kier alpha value is -1.56. The lowest BCUT2D eigenvalue weighted by Gasteiger charge is -2.38. The fraction of sp³-hybridized carbons (Fsp3) is 0.381. The van der Waals surface area contributed by atoms with Crippen LogP contribution in [0.1, 0.15) is 37.4 Å². The second-order valence-electron chi connectivity index (χ2n) is 7.32. The minimum absolute atomic E-state index is 0.0143. The van der Waals surface area contributed by atoms with Gasteiger partial charge in [-0.05, 0) is 43.7 Å². The molecule has 0 bridgehead atoms. The zero-order valence-electron chi connectivity index (χ0n) is 16.1. The van der Waals surface area contributed by atoms with Crippen LogP contribution in [0.2, 0.25) is 10.0 Å². The zero-order valence-corrected chi connectivity index (χ0v) is 18.4. The van der Waals surface area contributed by atoms with E-state index in [2.05, 4.69) is 5.32 Å². The number of nitrogens with one attached hydrogen (secondary N) is 1. The van der Waals surface area contributed by atoms with Crippen molar-refractivity contribution in [3.05, 3.63) is 57.6 Å². The van der Waals surface area contributed by atoms with Crippen LogP contribution in [0, 0.1) is 0 Å². The fourth-order valence-electron chi connectivity index (χ4n) is 3.22. The van der Waals surface area contributed by atoms with Crippen LogP contribution in [0.4, 0.5) is 0 Å². The highest BCUT2D eigenvalue weighted by atomic mass is 35.5. The molecule has 0 aliphatic carbocycles. The summed E-state index contributed by atoms with van der Waals surface area (Å²) in [5, 5.41) is 4.37. The molecule has 3 rings (SSSR count). The molecule has 1 amide bonds. The van der Waals surface area contributed by atoms with Crippen molar-refractivity contribution in [1.82, 2.24) is 5.32 Å². The second kappa shape index (κ2) is 8.85. The SMILES string of the molecule is COc1ccc2c(c1)OC(C)(C)CC2NC(=O)CSCc1ccc(Cl)cc1Cl. The van der Waals surface area contributed by atoms with Gasteiger partial charge in [-0.1, -0.05) is 29.3 Å². The van der Waals surface area contributed by atoms with E-state index < -0.39 is 0 Å². The lowest BCUT2D eigenvalue weighted by atomic mass is 9.89. The number of thioether (sulfide) groups is 1. The third-order valence-electron chi connectivity index (χ3n) is 4.52. The maximum Gasteiger partial charge on any atom is 0.230 e. The smallest absolute Gasteiger partial charge is 0.230 e. The number of rotatable bonds is 6. The highest BCUT2D eigenvalue weighted by Crippen LogP contribution is 2.41. The van der Waals surface area contributed by atoms with Crippen molar-refractivity contribution in [2.24, 2.45) is 0 Å². The average molecular weight is 440 g/mol. The van der Waals surface area contributed by atoms with E-state index in [0.717, 1.165) is 22.6 Å².